The molecule has 2 amide bonds. The summed E-state index contributed by atoms with van der Waals surface area (Å²) in [5.41, 5.74) is 0.709. The number of rotatable bonds is 4. The molecule has 0 bridgehead atoms. The summed E-state index contributed by atoms with van der Waals surface area (Å²) in [5.74, 6) is 0.582. The van der Waals surface area contributed by atoms with Gasteiger partial charge in [-0.05, 0) is 42.3 Å². The average molecular weight is 273 g/mol. The summed E-state index contributed by atoms with van der Waals surface area (Å²) in [5, 5.41) is 7.92. The fourth-order valence-electron chi connectivity index (χ4n) is 2.06. The number of carbonyl (C=O) groups is 1. The minimum absolute atomic E-state index is 0.136. The van der Waals surface area contributed by atoms with E-state index in [0.29, 0.717) is 11.6 Å². The van der Waals surface area contributed by atoms with Crippen LogP contribution in [0.25, 0.3) is 0 Å². The molecule has 4 nitrogen and oxygen atoms in total. The maximum Gasteiger partial charge on any atom is 0.319 e. The van der Waals surface area contributed by atoms with E-state index in [2.05, 4.69) is 21.7 Å². The lowest BCUT2D eigenvalue weighted by Crippen LogP contribution is -2.33. The first kappa shape index (κ1) is 12.2. The second-order valence-electron chi connectivity index (χ2n) is 4.67. The smallest absolute Gasteiger partial charge is 0.319 e. The molecule has 1 saturated carbocycles. The van der Waals surface area contributed by atoms with Crippen molar-refractivity contribution in [2.45, 2.75) is 18.9 Å². The molecule has 19 heavy (non-hydrogen) atoms. The maximum absolute atomic E-state index is 12.0. The van der Waals surface area contributed by atoms with Gasteiger partial charge in [-0.3, -0.25) is 4.98 Å². The van der Waals surface area contributed by atoms with Gasteiger partial charge in [0, 0.05) is 11.1 Å². The molecule has 2 heterocycles. The summed E-state index contributed by atoms with van der Waals surface area (Å²) in [6, 6.07) is 7.69. The Kier molecular flexibility index (Phi) is 3.46. The van der Waals surface area contributed by atoms with Gasteiger partial charge in [0.1, 0.15) is 0 Å². The highest BCUT2D eigenvalue weighted by Gasteiger charge is 2.34. The molecule has 5 heteroatoms. The lowest BCUT2D eigenvalue weighted by Gasteiger charge is -2.17. The van der Waals surface area contributed by atoms with E-state index in [1.165, 1.54) is 17.7 Å². The van der Waals surface area contributed by atoms with Crippen LogP contribution in [0.15, 0.2) is 42.0 Å². The van der Waals surface area contributed by atoms with Crippen molar-refractivity contribution in [3.8, 4) is 0 Å². The van der Waals surface area contributed by atoms with Crippen LogP contribution in [0.4, 0.5) is 10.5 Å². The fraction of sp³-hybridized carbons (Fsp3) is 0.286. The van der Waals surface area contributed by atoms with Crippen molar-refractivity contribution in [1.82, 2.24) is 10.3 Å². The van der Waals surface area contributed by atoms with Crippen LogP contribution in [-0.4, -0.2) is 11.0 Å². The number of hydrogen-bond donors (Lipinski definition) is 2. The van der Waals surface area contributed by atoms with Crippen LogP contribution in [-0.2, 0) is 0 Å². The Bertz CT molecular complexity index is 537. The molecule has 1 atom stereocenters. The van der Waals surface area contributed by atoms with E-state index in [1.54, 1.807) is 29.8 Å². The molecule has 2 N–H and O–H groups in total. The van der Waals surface area contributed by atoms with E-state index >= 15 is 0 Å². The van der Waals surface area contributed by atoms with E-state index < -0.39 is 0 Å². The van der Waals surface area contributed by atoms with Crippen LogP contribution < -0.4 is 10.6 Å². The molecule has 98 valence electrons. The third-order valence-electron chi connectivity index (χ3n) is 3.15. The van der Waals surface area contributed by atoms with Crippen LogP contribution in [0.2, 0.25) is 0 Å². The molecule has 3 rings (SSSR count). The van der Waals surface area contributed by atoms with E-state index in [0.717, 1.165) is 0 Å². The van der Waals surface area contributed by atoms with Gasteiger partial charge in [-0.25, -0.2) is 4.79 Å². The topological polar surface area (TPSA) is 54.0 Å². The van der Waals surface area contributed by atoms with Crippen LogP contribution in [0.1, 0.15) is 23.8 Å². The van der Waals surface area contributed by atoms with Crippen molar-refractivity contribution in [3.63, 3.8) is 0 Å². The third-order valence-corrected chi connectivity index (χ3v) is 4.10. The van der Waals surface area contributed by atoms with Gasteiger partial charge in [0.2, 0.25) is 0 Å². The predicted octanol–water partition coefficient (Wildman–Crippen LogP) is 3.42. The summed E-state index contributed by atoms with van der Waals surface area (Å²) >= 11 is 1.69. The number of urea groups is 1. The largest absolute Gasteiger partial charge is 0.330 e. The van der Waals surface area contributed by atoms with Gasteiger partial charge in [-0.15, -0.1) is 11.3 Å². The zero-order chi connectivity index (χ0) is 13.1. The molecule has 0 saturated heterocycles. The monoisotopic (exact) mass is 273 g/mol. The number of hydrogen-bond acceptors (Lipinski definition) is 3. The molecule has 0 aromatic carbocycles. The minimum atomic E-state index is -0.168. The van der Waals surface area contributed by atoms with Gasteiger partial charge in [0.25, 0.3) is 0 Å². The number of nitrogens with zero attached hydrogens (tertiary/aromatic N) is 1. The molecule has 1 aliphatic rings. The van der Waals surface area contributed by atoms with Gasteiger partial charge in [0.05, 0.1) is 17.9 Å². The third kappa shape index (κ3) is 3.12. The molecule has 0 aliphatic heterocycles. The second-order valence-corrected chi connectivity index (χ2v) is 5.65. The second kappa shape index (κ2) is 5.40. The SMILES string of the molecule is O=C(Nc1cccnc1)NC(c1cccs1)C1CC1. The highest BCUT2D eigenvalue weighted by molar-refractivity contribution is 7.10. The average Bonchev–Trinajstić information content (AvgIpc) is 3.12. The number of amides is 2. The summed E-state index contributed by atoms with van der Waals surface area (Å²) < 4.78 is 0. The quantitative estimate of drug-likeness (QED) is 0.896. The molecular formula is C14H15N3OS. The van der Waals surface area contributed by atoms with Crippen LogP contribution in [0, 0.1) is 5.92 Å². The number of thiophene rings is 1. The number of pyridine rings is 1. The van der Waals surface area contributed by atoms with Crippen molar-refractivity contribution in [1.29, 1.82) is 0 Å². The van der Waals surface area contributed by atoms with Crippen molar-refractivity contribution in [2.75, 3.05) is 5.32 Å². The molecule has 0 spiro atoms. The zero-order valence-electron chi connectivity index (χ0n) is 10.4. The van der Waals surface area contributed by atoms with Crippen molar-refractivity contribution in [3.05, 3.63) is 46.9 Å². The van der Waals surface area contributed by atoms with Crippen molar-refractivity contribution in [2.24, 2.45) is 5.92 Å². The first-order chi connectivity index (χ1) is 9.33. The zero-order valence-corrected chi connectivity index (χ0v) is 11.2. The summed E-state index contributed by atoms with van der Waals surface area (Å²) in [6.07, 6.45) is 5.70. The molecule has 2 aromatic rings. The van der Waals surface area contributed by atoms with E-state index in [1.807, 2.05) is 17.5 Å². The number of anilines is 1. The van der Waals surface area contributed by atoms with E-state index in [9.17, 15) is 4.79 Å². The Balaban J connectivity index is 1.64. The molecule has 1 aliphatic carbocycles. The highest BCUT2D eigenvalue weighted by Crippen LogP contribution is 2.42. The van der Waals surface area contributed by atoms with E-state index in [4.69, 9.17) is 0 Å². The Hall–Kier alpha value is -1.88. The van der Waals surface area contributed by atoms with Gasteiger partial charge in [0.15, 0.2) is 0 Å². The lowest BCUT2D eigenvalue weighted by molar-refractivity contribution is 0.247. The van der Waals surface area contributed by atoms with Gasteiger partial charge in [-0.2, -0.15) is 0 Å². The van der Waals surface area contributed by atoms with Crippen LogP contribution in [0.3, 0.4) is 0 Å². The van der Waals surface area contributed by atoms with Gasteiger partial charge < -0.3 is 10.6 Å². The first-order valence-electron chi connectivity index (χ1n) is 6.34. The summed E-state index contributed by atoms with van der Waals surface area (Å²) in [6.45, 7) is 0. The van der Waals surface area contributed by atoms with Gasteiger partial charge in [-0.1, -0.05) is 6.07 Å². The molecule has 1 fully saturated rings. The number of aromatic nitrogens is 1. The normalized spacial score (nSPS) is 15.8. The van der Waals surface area contributed by atoms with Crippen molar-refractivity contribution >= 4 is 23.1 Å². The molecule has 2 aromatic heterocycles. The molecule has 1 unspecified atom stereocenters. The van der Waals surface area contributed by atoms with Crippen LogP contribution >= 0.6 is 11.3 Å². The number of carbonyl (C=O) groups excluding carboxylic acids is 1. The molecular weight excluding hydrogens is 258 g/mol. The number of nitrogens with one attached hydrogen (secondary N) is 2. The Labute approximate surface area is 115 Å². The minimum Gasteiger partial charge on any atom is -0.330 e. The van der Waals surface area contributed by atoms with Crippen molar-refractivity contribution < 1.29 is 4.79 Å². The summed E-state index contributed by atoms with van der Waals surface area (Å²) in [4.78, 5) is 17.2. The fourth-order valence-corrected chi connectivity index (χ4v) is 2.93. The Morgan fingerprint density at radius 2 is 2.26 bits per heavy atom. The summed E-state index contributed by atoms with van der Waals surface area (Å²) in [7, 11) is 0. The highest BCUT2D eigenvalue weighted by atomic mass is 32.1. The van der Waals surface area contributed by atoms with Crippen LogP contribution in [0.5, 0.6) is 0 Å². The first-order valence-corrected chi connectivity index (χ1v) is 7.22. The Morgan fingerprint density at radius 3 is 2.89 bits per heavy atom. The lowest BCUT2D eigenvalue weighted by atomic mass is 10.1. The van der Waals surface area contributed by atoms with Gasteiger partial charge >= 0.3 is 6.03 Å². The predicted molar refractivity (Wildman–Crippen MR) is 76.2 cm³/mol. The maximum atomic E-state index is 12.0. The van der Waals surface area contributed by atoms with E-state index in [-0.39, 0.29) is 12.1 Å². The molecule has 0 radical (unpaired) electrons. The standard InChI is InChI=1S/C14H15N3OS/c18-14(16-11-3-1-7-15-9-11)17-13(10-5-6-10)12-4-2-8-19-12/h1-4,7-10,13H,5-6H2,(H2,16,17,18). The Morgan fingerprint density at radius 1 is 1.37 bits per heavy atom.